The SMILES string of the molecule is N.[Mn].[SiH4].[V]. The summed E-state index contributed by atoms with van der Waals surface area (Å²) in [5.74, 6) is 0. The van der Waals surface area contributed by atoms with Crippen molar-refractivity contribution < 1.29 is 35.6 Å². The van der Waals surface area contributed by atoms with Crippen LogP contribution in [0.1, 0.15) is 0 Å². The molecule has 0 saturated carbocycles. The summed E-state index contributed by atoms with van der Waals surface area (Å²) in [4.78, 5) is 0. The van der Waals surface area contributed by atoms with E-state index in [9.17, 15) is 0 Å². The first-order chi connectivity index (χ1) is 0. The van der Waals surface area contributed by atoms with Crippen molar-refractivity contribution in [2.75, 3.05) is 0 Å². The van der Waals surface area contributed by atoms with Gasteiger partial charge in [0, 0.05) is 35.6 Å². The third-order valence-electron chi connectivity index (χ3n) is 0. The van der Waals surface area contributed by atoms with Crippen molar-refractivity contribution in [1.82, 2.24) is 6.15 Å². The fraction of sp³-hybridized carbons (Fsp3) is 0. The molecule has 0 heterocycles. The van der Waals surface area contributed by atoms with Gasteiger partial charge in [0.25, 0.3) is 0 Å². The molecule has 0 unspecified atom stereocenters. The van der Waals surface area contributed by atoms with Crippen molar-refractivity contribution in [3.05, 3.63) is 0 Å². The summed E-state index contributed by atoms with van der Waals surface area (Å²) in [5.41, 5.74) is 0. The Labute approximate surface area is 52.9 Å². The molecule has 4 heteroatoms. The van der Waals surface area contributed by atoms with Crippen LogP contribution in [0, 0.1) is 0 Å². The van der Waals surface area contributed by atoms with Crippen LogP contribution < -0.4 is 6.15 Å². The maximum absolute atomic E-state index is 0. The zero-order chi connectivity index (χ0) is 0. The third kappa shape index (κ3) is 10.4. The predicted octanol–water partition coefficient (Wildman–Crippen LogP) is -1.29. The van der Waals surface area contributed by atoms with E-state index in [1.807, 2.05) is 0 Å². The van der Waals surface area contributed by atoms with Gasteiger partial charge < -0.3 is 6.15 Å². The van der Waals surface area contributed by atoms with Gasteiger partial charge in [0.15, 0.2) is 0 Å². The Kier molecular flexibility index (Phi) is 414. The van der Waals surface area contributed by atoms with Gasteiger partial charge in [-0.3, -0.25) is 0 Å². The van der Waals surface area contributed by atoms with E-state index in [2.05, 4.69) is 0 Å². The van der Waals surface area contributed by atoms with Crippen LogP contribution in [-0.2, 0) is 35.6 Å². The summed E-state index contributed by atoms with van der Waals surface area (Å²) < 4.78 is 0. The fourth-order valence-electron chi connectivity index (χ4n) is 0. The molecule has 0 amide bonds. The molecule has 0 aliphatic heterocycles. The smallest absolute Gasteiger partial charge is 0 e. The van der Waals surface area contributed by atoms with E-state index in [-0.39, 0.29) is 52.7 Å². The third-order valence-corrected chi connectivity index (χ3v) is 0. The molecule has 0 bridgehead atoms. The van der Waals surface area contributed by atoms with Gasteiger partial charge in [0.1, 0.15) is 0 Å². The van der Waals surface area contributed by atoms with E-state index in [0.717, 1.165) is 0 Å². The van der Waals surface area contributed by atoms with Crippen LogP contribution in [0.3, 0.4) is 0 Å². The molecule has 0 aliphatic carbocycles. The molecule has 28 valence electrons. The molecule has 1 nitrogen and oxygen atoms in total. The Balaban J connectivity index is 0. The predicted molar refractivity (Wildman–Crippen MR) is 16.4 cm³/mol. The number of hydrogen-bond acceptors (Lipinski definition) is 1. The first kappa shape index (κ1) is 59.0. The average Bonchev–Trinajstić information content (AvgIpc) is 0. The average molecular weight is 155 g/mol. The molecule has 0 aromatic heterocycles. The zero-order valence-electron chi connectivity index (χ0n) is 1.53. The first-order valence-corrected chi connectivity index (χ1v) is 0. The van der Waals surface area contributed by atoms with Gasteiger partial charge in [0.05, 0.1) is 0 Å². The number of rotatable bonds is 0. The summed E-state index contributed by atoms with van der Waals surface area (Å²) in [7, 11) is 0. The molecule has 0 fully saturated rings. The van der Waals surface area contributed by atoms with Crippen LogP contribution in [-0.4, -0.2) is 11.0 Å². The van der Waals surface area contributed by atoms with Gasteiger partial charge >= 0.3 is 0 Å². The van der Waals surface area contributed by atoms with Gasteiger partial charge in [-0.15, -0.1) is 0 Å². The van der Waals surface area contributed by atoms with Crippen molar-refractivity contribution >= 4 is 11.0 Å². The quantitative estimate of drug-likeness (QED) is 0.434. The van der Waals surface area contributed by atoms with Crippen LogP contribution in [0.4, 0.5) is 0 Å². The van der Waals surface area contributed by atoms with Gasteiger partial charge in [0.2, 0.25) is 0 Å². The van der Waals surface area contributed by atoms with Gasteiger partial charge in [-0.05, 0) is 11.0 Å². The molecule has 0 atom stereocenters. The molecule has 0 aliphatic rings. The van der Waals surface area contributed by atoms with E-state index in [1.54, 1.807) is 0 Å². The van der Waals surface area contributed by atoms with Crippen LogP contribution in [0.25, 0.3) is 0 Å². The Morgan fingerprint density at radius 2 is 1.00 bits per heavy atom. The Morgan fingerprint density at radius 3 is 1.00 bits per heavy atom. The second-order valence-corrected chi connectivity index (χ2v) is 0. The van der Waals surface area contributed by atoms with Gasteiger partial charge in [-0.1, -0.05) is 0 Å². The Morgan fingerprint density at radius 1 is 1.00 bits per heavy atom. The van der Waals surface area contributed by atoms with E-state index >= 15 is 0 Å². The zero-order valence-corrected chi connectivity index (χ0v) is 4.11. The largest absolute Gasteiger partial charge is 0.344 e. The maximum atomic E-state index is 0. The van der Waals surface area contributed by atoms with Gasteiger partial charge in [-0.2, -0.15) is 0 Å². The second-order valence-electron chi connectivity index (χ2n) is 0. The summed E-state index contributed by atoms with van der Waals surface area (Å²) in [6.07, 6.45) is 0. The molecule has 0 saturated heterocycles. The Bertz CT molecular complexity index is 8.00. The van der Waals surface area contributed by atoms with Crippen LogP contribution in [0.15, 0.2) is 0 Å². The van der Waals surface area contributed by atoms with Crippen molar-refractivity contribution in [2.24, 2.45) is 0 Å². The first-order valence-electron chi connectivity index (χ1n) is 0. The Hall–Kier alpha value is 1.28. The summed E-state index contributed by atoms with van der Waals surface area (Å²) >= 11 is 0. The molecule has 2 radical (unpaired) electrons. The molecule has 0 spiro atoms. The van der Waals surface area contributed by atoms with Crippen molar-refractivity contribution in [3.8, 4) is 0 Å². The molecular formula is H7MnNSiV. The fourth-order valence-corrected chi connectivity index (χ4v) is 0. The normalized spacial score (nSPS) is 0. The van der Waals surface area contributed by atoms with Crippen molar-refractivity contribution in [1.29, 1.82) is 0 Å². The number of hydrogen-bond donors (Lipinski definition) is 1. The minimum absolute atomic E-state index is 0. The van der Waals surface area contributed by atoms with Crippen LogP contribution in [0.5, 0.6) is 0 Å². The van der Waals surface area contributed by atoms with Gasteiger partial charge in [-0.25, -0.2) is 0 Å². The molecule has 4 heavy (non-hydrogen) atoms. The topological polar surface area (TPSA) is 35.0 Å². The van der Waals surface area contributed by atoms with Crippen molar-refractivity contribution in [2.45, 2.75) is 0 Å². The monoisotopic (exact) mass is 155 g/mol. The second kappa shape index (κ2) is 28.1. The van der Waals surface area contributed by atoms with Crippen LogP contribution in [0.2, 0.25) is 0 Å². The summed E-state index contributed by atoms with van der Waals surface area (Å²) in [6.45, 7) is 0. The summed E-state index contributed by atoms with van der Waals surface area (Å²) in [6, 6.07) is 0. The molecular weight excluding hydrogens is 148 g/mol. The van der Waals surface area contributed by atoms with Crippen molar-refractivity contribution in [3.63, 3.8) is 0 Å². The molecule has 0 aromatic rings. The van der Waals surface area contributed by atoms with E-state index in [1.165, 1.54) is 0 Å². The van der Waals surface area contributed by atoms with E-state index in [4.69, 9.17) is 0 Å². The molecule has 3 N–H and O–H groups in total. The minimum Gasteiger partial charge on any atom is -0.344 e. The standard InChI is InChI=1S/Mn.H3N.H4Si.V/h;1H3;1H4;. The molecule has 0 aromatic carbocycles. The summed E-state index contributed by atoms with van der Waals surface area (Å²) in [5, 5.41) is 0. The minimum atomic E-state index is 0. The van der Waals surface area contributed by atoms with Crippen LogP contribution >= 0.6 is 0 Å². The maximum Gasteiger partial charge on any atom is 0 e. The van der Waals surface area contributed by atoms with E-state index in [0.29, 0.717) is 0 Å². The molecule has 0 rings (SSSR count). The van der Waals surface area contributed by atoms with E-state index < -0.39 is 0 Å².